The quantitative estimate of drug-likeness (QED) is 0.844. The van der Waals surface area contributed by atoms with Gasteiger partial charge in [0.1, 0.15) is 6.54 Å². The molecule has 1 aliphatic rings. The lowest BCUT2D eigenvalue weighted by Gasteiger charge is -2.36. The number of aryl methyl sites for hydroxylation is 1. The molecule has 6 nitrogen and oxygen atoms in total. The van der Waals surface area contributed by atoms with Crippen molar-refractivity contribution < 1.29 is 14.7 Å². The number of amides is 1. The number of carbonyl (C=O) groups is 2. The zero-order valence-corrected chi connectivity index (χ0v) is 13.3. The summed E-state index contributed by atoms with van der Waals surface area (Å²) in [6, 6.07) is 5.85. The smallest absolute Gasteiger partial charge is 0.322 e. The number of hydrogen-bond donors (Lipinski definition) is 2. The van der Waals surface area contributed by atoms with Gasteiger partial charge in [0.05, 0.1) is 6.54 Å². The topological polar surface area (TPSA) is 72.9 Å². The van der Waals surface area contributed by atoms with E-state index in [1.807, 2.05) is 23.1 Å². The first-order chi connectivity index (χ1) is 10.5. The number of hydrogen-bond acceptors (Lipinski definition) is 4. The van der Waals surface area contributed by atoms with Crippen molar-refractivity contribution in [3.63, 3.8) is 0 Å². The number of aliphatic carboxylic acids is 1. The standard InChI is InChI=1S/C15H20ClN3O3/c1-11-2-3-12(16)8-13(11)19-6-4-18(5-7-19)10-14(20)17-9-15(21)22/h2-3,8H,4-7,9-10H2,1H3,(H,17,20)(H,21,22). The number of nitrogens with one attached hydrogen (secondary N) is 1. The first-order valence-corrected chi connectivity index (χ1v) is 7.55. The van der Waals surface area contributed by atoms with E-state index in [-0.39, 0.29) is 19.0 Å². The Balaban J connectivity index is 1.84. The van der Waals surface area contributed by atoms with E-state index in [4.69, 9.17) is 16.7 Å². The molecule has 0 bridgehead atoms. The van der Waals surface area contributed by atoms with Crippen LogP contribution in [-0.4, -0.2) is 61.2 Å². The Morgan fingerprint density at radius 3 is 2.59 bits per heavy atom. The third kappa shape index (κ3) is 4.61. The van der Waals surface area contributed by atoms with Crippen LogP contribution in [0.2, 0.25) is 5.02 Å². The highest BCUT2D eigenvalue weighted by Crippen LogP contribution is 2.25. The SMILES string of the molecule is Cc1ccc(Cl)cc1N1CCN(CC(=O)NCC(=O)O)CC1. The number of anilines is 1. The molecule has 0 aromatic heterocycles. The Hall–Kier alpha value is -1.79. The average molecular weight is 326 g/mol. The molecule has 0 unspecified atom stereocenters. The molecule has 1 aromatic carbocycles. The Morgan fingerprint density at radius 2 is 1.95 bits per heavy atom. The van der Waals surface area contributed by atoms with Crippen LogP contribution in [0.1, 0.15) is 5.56 Å². The molecule has 7 heteroatoms. The third-order valence-electron chi connectivity index (χ3n) is 3.69. The van der Waals surface area contributed by atoms with Crippen molar-refractivity contribution in [2.75, 3.05) is 44.2 Å². The van der Waals surface area contributed by atoms with Crippen LogP contribution in [0.5, 0.6) is 0 Å². The van der Waals surface area contributed by atoms with Crippen molar-refractivity contribution in [1.82, 2.24) is 10.2 Å². The molecule has 1 aromatic rings. The summed E-state index contributed by atoms with van der Waals surface area (Å²) in [7, 11) is 0. The van der Waals surface area contributed by atoms with Crippen LogP contribution >= 0.6 is 11.6 Å². The lowest BCUT2D eigenvalue weighted by molar-refractivity contribution is -0.138. The van der Waals surface area contributed by atoms with Crippen LogP contribution in [-0.2, 0) is 9.59 Å². The maximum absolute atomic E-state index is 11.6. The summed E-state index contributed by atoms with van der Waals surface area (Å²) < 4.78 is 0. The number of carboxylic acids is 1. The molecule has 1 aliphatic heterocycles. The van der Waals surface area contributed by atoms with Crippen molar-refractivity contribution >= 4 is 29.2 Å². The molecule has 0 spiro atoms. The zero-order chi connectivity index (χ0) is 16.1. The van der Waals surface area contributed by atoms with E-state index in [0.717, 1.165) is 36.9 Å². The van der Waals surface area contributed by atoms with Crippen LogP contribution < -0.4 is 10.2 Å². The van der Waals surface area contributed by atoms with Crippen molar-refractivity contribution in [2.45, 2.75) is 6.92 Å². The molecule has 1 amide bonds. The number of carboxylic acid groups (broad SMARTS) is 1. The maximum atomic E-state index is 11.6. The van der Waals surface area contributed by atoms with E-state index in [1.165, 1.54) is 5.56 Å². The summed E-state index contributed by atoms with van der Waals surface area (Å²) in [5, 5.41) is 11.6. The highest BCUT2D eigenvalue weighted by atomic mass is 35.5. The number of piperazine rings is 1. The fourth-order valence-corrected chi connectivity index (χ4v) is 2.67. The van der Waals surface area contributed by atoms with Gasteiger partial charge in [-0.05, 0) is 24.6 Å². The number of rotatable bonds is 5. The van der Waals surface area contributed by atoms with Crippen LogP contribution in [0, 0.1) is 6.92 Å². The lowest BCUT2D eigenvalue weighted by atomic mass is 10.1. The van der Waals surface area contributed by atoms with Gasteiger partial charge in [0.25, 0.3) is 0 Å². The van der Waals surface area contributed by atoms with E-state index < -0.39 is 5.97 Å². The summed E-state index contributed by atoms with van der Waals surface area (Å²) >= 11 is 6.06. The molecule has 22 heavy (non-hydrogen) atoms. The number of halogens is 1. The molecule has 1 saturated heterocycles. The maximum Gasteiger partial charge on any atom is 0.322 e. The Labute approximate surface area is 134 Å². The second-order valence-corrected chi connectivity index (χ2v) is 5.80. The molecule has 0 saturated carbocycles. The monoisotopic (exact) mass is 325 g/mol. The van der Waals surface area contributed by atoms with E-state index in [9.17, 15) is 9.59 Å². The van der Waals surface area contributed by atoms with Crippen LogP contribution in [0.3, 0.4) is 0 Å². The van der Waals surface area contributed by atoms with Crippen molar-refractivity contribution in [3.05, 3.63) is 28.8 Å². The fourth-order valence-electron chi connectivity index (χ4n) is 2.50. The Kier molecular flexibility index (Phi) is 5.63. The van der Waals surface area contributed by atoms with Crippen molar-refractivity contribution in [3.8, 4) is 0 Å². The average Bonchev–Trinajstić information content (AvgIpc) is 2.48. The Bertz CT molecular complexity index is 557. The minimum atomic E-state index is -1.03. The molecule has 0 radical (unpaired) electrons. The fraction of sp³-hybridized carbons (Fsp3) is 0.467. The van der Waals surface area contributed by atoms with Gasteiger partial charge in [-0.3, -0.25) is 14.5 Å². The first kappa shape index (κ1) is 16.6. The van der Waals surface area contributed by atoms with Gasteiger partial charge in [-0.2, -0.15) is 0 Å². The number of nitrogens with zero attached hydrogens (tertiary/aromatic N) is 2. The van der Waals surface area contributed by atoms with Gasteiger partial charge in [-0.15, -0.1) is 0 Å². The van der Waals surface area contributed by atoms with Gasteiger partial charge < -0.3 is 15.3 Å². The van der Waals surface area contributed by atoms with Gasteiger partial charge >= 0.3 is 5.97 Å². The third-order valence-corrected chi connectivity index (χ3v) is 3.92. The normalized spacial score (nSPS) is 15.6. The highest BCUT2D eigenvalue weighted by Gasteiger charge is 2.20. The van der Waals surface area contributed by atoms with E-state index in [0.29, 0.717) is 0 Å². The molecular formula is C15H20ClN3O3. The highest BCUT2D eigenvalue weighted by molar-refractivity contribution is 6.30. The van der Waals surface area contributed by atoms with Gasteiger partial charge in [0.15, 0.2) is 0 Å². The summed E-state index contributed by atoms with van der Waals surface area (Å²) in [5.74, 6) is -1.29. The second kappa shape index (κ2) is 7.47. The zero-order valence-electron chi connectivity index (χ0n) is 12.5. The molecule has 0 atom stereocenters. The summed E-state index contributed by atoms with van der Waals surface area (Å²) in [6.45, 7) is 5.09. The number of carbonyl (C=O) groups excluding carboxylic acids is 1. The summed E-state index contributed by atoms with van der Waals surface area (Å²) in [5.41, 5.74) is 2.31. The predicted octanol–water partition coefficient (Wildman–Crippen LogP) is 0.971. The van der Waals surface area contributed by atoms with Gasteiger partial charge in [0.2, 0.25) is 5.91 Å². The minimum absolute atomic E-state index is 0.232. The molecule has 2 rings (SSSR count). The largest absolute Gasteiger partial charge is 0.480 e. The minimum Gasteiger partial charge on any atom is -0.480 e. The van der Waals surface area contributed by atoms with E-state index in [2.05, 4.69) is 17.1 Å². The molecule has 2 N–H and O–H groups in total. The molecule has 1 fully saturated rings. The van der Waals surface area contributed by atoms with E-state index >= 15 is 0 Å². The van der Waals surface area contributed by atoms with Crippen molar-refractivity contribution in [1.29, 1.82) is 0 Å². The first-order valence-electron chi connectivity index (χ1n) is 7.17. The van der Waals surface area contributed by atoms with Crippen LogP contribution in [0.25, 0.3) is 0 Å². The predicted molar refractivity (Wildman–Crippen MR) is 85.5 cm³/mol. The van der Waals surface area contributed by atoms with Crippen LogP contribution in [0.4, 0.5) is 5.69 Å². The molecule has 120 valence electrons. The van der Waals surface area contributed by atoms with Gasteiger partial charge in [0, 0.05) is 36.9 Å². The lowest BCUT2D eigenvalue weighted by Crippen LogP contribution is -2.50. The van der Waals surface area contributed by atoms with Gasteiger partial charge in [-0.1, -0.05) is 17.7 Å². The molecule has 0 aliphatic carbocycles. The molecular weight excluding hydrogens is 306 g/mol. The summed E-state index contributed by atoms with van der Waals surface area (Å²) in [6.07, 6.45) is 0. The van der Waals surface area contributed by atoms with Crippen LogP contribution in [0.15, 0.2) is 18.2 Å². The van der Waals surface area contributed by atoms with E-state index in [1.54, 1.807) is 0 Å². The van der Waals surface area contributed by atoms with Gasteiger partial charge in [-0.25, -0.2) is 0 Å². The van der Waals surface area contributed by atoms with Crippen molar-refractivity contribution in [2.24, 2.45) is 0 Å². The number of benzene rings is 1. The Morgan fingerprint density at radius 1 is 1.27 bits per heavy atom. The molecule has 1 heterocycles. The summed E-state index contributed by atoms with van der Waals surface area (Å²) in [4.78, 5) is 26.3. The second-order valence-electron chi connectivity index (χ2n) is 5.36.